The number of alkyl halides is 1. The Morgan fingerprint density at radius 1 is 1.18 bits per heavy atom. The van der Waals surface area contributed by atoms with E-state index in [9.17, 15) is 37.6 Å². The van der Waals surface area contributed by atoms with E-state index in [0.29, 0.717) is 24.8 Å². The number of hydrogen-bond acceptors (Lipinski definition) is 8. The molecule has 0 radical (unpaired) electrons. The molecule has 0 aromatic heterocycles. The number of hydrogen-bond donors (Lipinski definition) is 3. The van der Waals surface area contributed by atoms with Gasteiger partial charge in [0.15, 0.2) is 18.1 Å². The maximum atomic E-state index is 17.1. The fraction of sp³-hybridized carbons (Fsp3) is 0.536. The van der Waals surface area contributed by atoms with Crippen LogP contribution < -0.4 is 0 Å². The Kier molecular flexibility index (Phi) is 6.34. The van der Waals surface area contributed by atoms with Gasteiger partial charge in [0.25, 0.3) is 10.1 Å². The van der Waals surface area contributed by atoms with Gasteiger partial charge in [-0.15, -0.1) is 0 Å². The van der Waals surface area contributed by atoms with Gasteiger partial charge in [-0.05, 0) is 75.3 Å². The first-order valence-corrected chi connectivity index (χ1v) is 14.3. The Labute approximate surface area is 225 Å². The SMILES string of the molecule is CC12C=CC(=O)C=C1CCC1C3CCC(O)(C(=O)COC(=O)c4cccc(S(=O)(=O)O)c4)C3(C)CC(O)C12F. The molecule has 0 heterocycles. The first-order valence-electron chi connectivity index (χ1n) is 12.9. The molecule has 1 aromatic rings. The standard InChI is InChI=1S/C28H31FO9S/c1-25-10-8-18(30)13-17(25)6-7-21-20-9-11-27(34,26(20,2)14-22(31)28(21,25)29)23(32)15-38-24(33)16-4-3-5-19(12-16)39(35,36)37/h3-5,8,10,12-13,20-22,31,34H,6-7,9,11,14-15H2,1-2H3,(H,35,36,37). The van der Waals surface area contributed by atoms with Crippen molar-refractivity contribution in [3.63, 3.8) is 0 Å². The van der Waals surface area contributed by atoms with Crippen LogP contribution in [-0.2, 0) is 24.4 Å². The summed E-state index contributed by atoms with van der Waals surface area (Å²) < 4.78 is 54.2. The average molecular weight is 563 g/mol. The van der Waals surface area contributed by atoms with E-state index in [2.05, 4.69) is 0 Å². The number of carbonyl (C=O) groups excluding carboxylic acids is 3. The summed E-state index contributed by atoms with van der Waals surface area (Å²) in [5.74, 6) is -3.18. The van der Waals surface area contributed by atoms with Gasteiger partial charge in [0.1, 0.15) is 5.60 Å². The van der Waals surface area contributed by atoms with Crippen LogP contribution in [0.3, 0.4) is 0 Å². The molecule has 0 spiro atoms. The van der Waals surface area contributed by atoms with E-state index < -0.39 is 73.4 Å². The van der Waals surface area contributed by atoms with Crippen molar-refractivity contribution in [2.24, 2.45) is 22.7 Å². The molecule has 0 bridgehead atoms. The quantitative estimate of drug-likeness (QED) is 0.363. The third-order valence-corrected chi connectivity index (χ3v) is 10.8. The summed E-state index contributed by atoms with van der Waals surface area (Å²) in [6.45, 7) is 2.53. The predicted octanol–water partition coefficient (Wildman–Crippen LogP) is 2.76. The van der Waals surface area contributed by atoms with Crippen LogP contribution >= 0.6 is 0 Å². The highest BCUT2D eigenvalue weighted by atomic mass is 32.2. The second-order valence-corrected chi connectivity index (χ2v) is 13.1. The van der Waals surface area contributed by atoms with Crippen molar-refractivity contribution in [3.05, 3.63) is 53.6 Å². The summed E-state index contributed by atoms with van der Waals surface area (Å²) in [6.07, 6.45) is 3.68. The van der Waals surface area contributed by atoms with Gasteiger partial charge in [0, 0.05) is 16.7 Å². The molecule has 9 nitrogen and oxygen atoms in total. The second kappa shape index (κ2) is 8.89. The fourth-order valence-corrected chi connectivity index (χ4v) is 8.32. The minimum absolute atomic E-state index is 0.00414. The van der Waals surface area contributed by atoms with Crippen LogP contribution in [-0.4, -0.2) is 64.7 Å². The number of benzene rings is 1. The molecule has 3 fully saturated rings. The molecular formula is C28H31FO9S. The van der Waals surface area contributed by atoms with Gasteiger partial charge in [-0.25, -0.2) is 9.18 Å². The van der Waals surface area contributed by atoms with Gasteiger partial charge < -0.3 is 14.9 Å². The van der Waals surface area contributed by atoms with Crippen LogP contribution in [0.5, 0.6) is 0 Å². The smallest absolute Gasteiger partial charge is 0.338 e. The van der Waals surface area contributed by atoms with Crippen LogP contribution in [0.1, 0.15) is 56.3 Å². The molecule has 210 valence electrons. The number of ether oxygens (including phenoxy) is 1. The molecule has 0 amide bonds. The summed E-state index contributed by atoms with van der Waals surface area (Å²) in [4.78, 5) is 37.3. The van der Waals surface area contributed by atoms with E-state index in [1.54, 1.807) is 13.8 Å². The molecule has 7 atom stereocenters. The molecule has 4 aliphatic carbocycles. The van der Waals surface area contributed by atoms with E-state index >= 15 is 4.39 Å². The van der Waals surface area contributed by atoms with Crippen LogP contribution in [0.15, 0.2) is 53.0 Å². The van der Waals surface area contributed by atoms with Gasteiger partial charge in [-0.3, -0.25) is 14.1 Å². The molecule has 0 aliphatic heterocycles. The number of aliphatic hydroxyl groups excluding tert-OH is 1. The lowest BCUT2D eigenvalue weighted by molar-refractivity contribution is -0.217. The highest BCUT2D eigenvalue weighted by molar-refractivity contribution is 7.85. The number of ketones is 2. The Hall–Kier alpha value is -2.73. The summed E-state index contributed by atoms with van der Waals surface area (Å²) >= 11 is 0. The Morgan fingerprint density at radius 3 is 2.59 bits per heavy atom. The number of aliphatic hydroxyl groups is 2. The third-order valence-electron chi connectivity index (χ3n) is 9.96. The number of esters is 1. The molecular weight excluding hydrogens is 531 g/mol. The molecule has 7 unspecified atom stereocenters. The Morgan fingerprint density at radius 2 is 1.90 bits per heavy atom. The van der Waals surface area contributed by atoms with E-state index in [1.165, 1.54) is 30.4 Å². The Bertz CT molecular complexity index is 1430. The molecule has 0 saturated heterocycles. The van der Waals surface area contributed by atoms with Crippen molar-refractivity contribution in [2.75, 3.05) is 6.61 Å². The normalized spacial score (nSPS) is 39.3. The molecule has 4 aliphatic rings. The van der Waals surface area contributed by atoms with Gasteiger partial charge in [0.2, 0.25) is 5.78 Å². The minimum atomic E-state index is -4.56. The molecule has 39 heavy (non-hydrogen) atoms. The largest absolute Gasteiger partial charge is 0.454 e. The van der Waals surface area contributed by atoms with Gasteiger partial charge in [0.05, 0.1) is 16.6 Å². The summed E-state index contributed by atoms with van der Waals surface area (Å²) in [5, 5.41) is 23.0. The fourth-order valence-electron chi connectivity index (χ4n) is 7.79. The highest BCUT2D eigenvalue weighted by Crippen LogP contribution is 2.69. The van der Waals surface area contributed by atoms with Gasteiger partial charge >= 0.3 is 5.97 Å². The minimum Gasteiger partial charge on any atom is -0.454 e. The lowest BCUT2D eigenvalue weighted by atomic mass is 9.44. The van der Waals surface area contributed by atoms with Crippen molar-refractivity contribution < 1.29 is 46.7 Å². The third kappa shape index (κ3) is 3.88. The zero-order valence-electron chi connectivity index (χ0n) is 21.6. The number of carbonyl (C=O) groups is 3. The summed E-state index contributed by atoms with van der Waals surface area (Å²) in [7, 11) is -4.56. The monoisotopic (exact) mass is 562 g/mol. The van der Waals surface area contributed by atoms with Crippen LogP contribution in [0.4, 0.5) is 4.39 Å². The predicted molar refractivity (Wildman–Crippen MR) is 135 cm³/mol. The Balaban J connectivity index is 1.38. The van der Waals surface area contributed by atoms with Gasteiger partial charge in [-0.2, -0.15) is 8.42 Å². The highest BCUT2D eigenvalue weighted by Gasteiger charge is 2.74. The van der Waals surface area contributed by atoms with Crippen LogP contribution in [0.2, 0.25) is 0 Å². The van der Waals surface area contributed by atoms with Crippen LogP contribution in [0, 0.1) is 22.7 Å². The van der Waals surface area contributed by atoms with Crippen molar-refractivity contribution in [3.8, 4) is 0 Å². The number of halogens is 1. The molecule has 3 saturated carbocycles. The first-order chi connectivity index (χ1) is 18.1. The van der Waals surface area contributed by atoms with E-state index in [-0.39, 0.29) is 24.2 Å². The number of Topliss-reactive ketones (excluding diaryl/α,β-unsaturated/α-hetero) is 1. The molecule has 5 rings (SSSR count). The van der Waals surface area contributed by atoms with Crippen LogP contribution in [0.25, 0.3) is 0 Å². The lowest BCUT2D eigenvalue weighted by Crippen LogP contribution is -2.69. The topological polar surface area (TPSA) is 155 Å². The average Bonchev–Trinajstić information content (AvgIpc) is 3.14. The van der Waals surface area contributed by atoms with E-state index in [1.807, 2.05) is 0 Å². The molecule has 3 N–H and O–H groups in total. The zero-order valence-corrected chi connectivity index (χ0v) is 22.4. The number of allylic oxidation sites excluding steroid dienone is 4. The second-order valence-electron chi connectivity index (χ2n) is 11.7. The molecule has 11 heteroatoms. The summed E-state index contributed by atoms with van der Waals surface area (Å²) in [6, 6.07) is 4.47. The van der Waals surface area contributed by atoms with E-state index in [0.717, 1.165) is 12.1 Å². The number of rotatable bonds is 5. The zero-order chi connectivity index (χ0) is 28.6. The van der Waals surface area contributed by atoms with Gasteiger partial charge in [-0.1, -0.05) is 24.6 Å². The lowest BCUT2D eigenvalue weighted by Gasteiger charge is -2.62. The number of fused-ring (bicyclic) bond motifs is 5. The van der Waals surface area contributed by atoms with Crippen molar-refractivity contribution in [1.82, 2.24) is 0 Å². The summed E-state index contributed by atoms with van der Waals surface area (Å²) in [5.41, 5.74) is -6.07. The maximum absolute atomic E-state index is 17.1. The molecule has 1 aromatic carbocycles. The van der Waals surface area contributed by atoms with Crippen molar-refractivity contribution in [2.45, 2.75) is 68.2 Å². The first kappa shape index (κ1) is 27.8. The van der Waals surface area contributed by atoms with E-state index in [4.69, 9.17) is 4.74 Å². The van der Waals surface area contributed by atoms with Crippen molar-refractivity contribution in [1.29, 1.82) is 0 Å². The maximum Gasteiger partial charge on any atom is 0.338 e. The van der Waals surface area contributed by atoms with Crippen molar-refractivity contribution >= 4 is 27.7 Å².